The quantitative estimate of drug-likeness (QED) is 0.535. The van der Waals surface area contributed by atoms with Gasteiger partial charge in [0.05, 0.1) is 5.01 Å². The monoisotopic (exact) mass is 465 g/mol. The number of benzene rings is 1. The van der Waals surface area contributed by atoms with E-state index in [0.29, 0.717) is 24.7 Å². The predicted octanol–water partition coefficient (Wildman–Crippen LogP) is 3.58. The molecule has 1 aliphatic heterocycles. The number of amides is 2. The highest BCUT2D eigenvalue weighted by Crippen LogP contribution is 2.28. The third kappa shape index (κ3) is 5.50. The van der Waals surface area contributed by atoms with Gasteiger partial charge in [0, 0.05) is 44.0 Å². The fourth-order valence-electron chi connectivity index (χ4n) is 4.62. The number of likely N-dealkylation sites (N-methyl/N-ethyl adjacent to an activating group) is 1. The fourth-order valence-corrected chi connectivity index (χ4v) is 5.21. The summed E-state index contributed by atoms with van der Waals surface area (Å²) >= 11 is 1.50. The lowest BCUT2D eigenvalue weighted by Crippen LogP contribution is -2.49. The Balaban J connectivity index is 1.47. The molecule has 4 rings (SSSR count). The van der Waals surface area contributed by atoms with Gasteiger partial charge in [0.2, 0.25) is 5.91 Å². The van der Waals surface area contributed by atoms with Crippen LogP contribution in [-0.2, 0) is 17.8 Å². The Morgan fingerprint density at radius 2 is 1.94 bits per heavy atom. The molecule has 0 bridgehead atoms. The van der Waals surface area contributed by atoms with Crippen molar-refractivity contribution in [1.29, 1.82) is 0 Å². The normalized spacial score (nSPS) is 15.4. The molecule has 0 saturated carbocycles. The van der Waals surface area contributed by atoms with Gasteiger partial charge >= 0.3 is 0 Å². The van der Waals surface area contributed by atoms with Gasteiger partial charge in [-0.2, -0.15) is 5.10 Å². The van der Waals surface area contributed by atoms with E-state index in [4.69, 9.17) is 0 Å². The van der Waals surface area contributed by atoms with Crippen LogP contribution in [0.1, 0.15) is 39.5 Å². The highest BCUT2D eigenvalue weighted by atomic mass is 32.1. The van der Waals surface area contributed by atoms with Crippen LogP contribution in [0.3, 0.4) is 0 Å². The van der Waals surface area contributed by atoms with Gasteiger partial charge in [-0.15, -0.1) is 11.3 Å². The van der Waals surface area contributed by atoms with Crippen LogP contribution < -0.4 is 0 Å². The van der Waals surface area contributed by atoms with E-state index in [9.17, 15) is 9.59 Å². The van der Waals surface area contributed by atoms with Gasteiger partial charge in [-0.3, -0.25) is 14.3 Å². The maximum atomic E-state index is 13.1. The average molecular weight is 466 g/mol. The van der Waals surface area contributed by atoms with Crippen molar-refractivity contribution in [1.82, 2.24) is 24.6 Å². The largest absolute Gasteiger partial charge is 0.341 e. The molecule has 174 valence electrons. The van der Waals surface area contributed by atoms with Crippen LogP contribution in [0.2, 0.25) is 0 Å². The molecule has 33 heavy (non-hydrogen) atoms. The standard InChI is InChI=1S/C25H31N5O2S/c1-18-7-4-5-8-21(18)15-23(28(3)24(31)16-30-12-6-11-26-30)20-9-13-29(14-10-20)25(32)22-17-33-19(2)27-22/h4-8,11-12,17,20,23H,9-10,13-16H2,1-3H3. The maximum Gasteiger partial charge on any atom is 0.273 e. The Bertz CT molecular complexity index is 1090. The van der Waals surface area contributed by atoms with Crippen molar-refractivity contribution in [2.75, 3.05) is 20.1 Å². The summed E-state index contributed by atoms with van der Waals surface area (Å²) in [6.45, 7) is 5.64. The lowest BCUT2D eigenvalue weighted by Gasteiger charge is -2.40. The Morgan fingerprint density at radius 3 is 2.58 bits per heavy atom. The first-order chi connectivity index (χ1) is 15.9. The van der Waals surface area contributed by atoms with Gasteiger partial charge in [0.25, 0.3) is 5.91 Å². The van der Waals surface area contributed by atoms with E-state index in [1.54, 1.807) is 10.9 Å². The molecule has 1 saturated heterocycles. The molecule has 0 spiro atoms. The Hall–Kier alpha value is -3.00. The molecule has 1 fully saturated rings. The van der Waals surface area contributed by atoms with Crippen LogP contribution in [0.25, 0.3) is 0 Å². The van der Waals surface area contributed by atoms with Gasteiger partial charge in [0.1, 0.15) is 12.2 Å². The molecule has 0 aliphatic carbocycles. The number of aromatic nitrogens is 3. The van der Waals surface area contributed by atoms with E-state index in [1.165, 1.54) is 22.5 Å². The summed E-state index contributed by atoms with van der Waals surface area (Å²) in [5.41, 5.74) is 3.04. The first-order valence-corrected chi connectivity index (χ1v) is 12.3. The maximum absolute atomic E-state index is 13.1. The second kappa shape index (κ2) is 10.3. The molecule has 1 aliphatic rings. The van der Waals surface area contributed by atoms with E-state index in [-0.39, 0.29) is 24.4 Å². The minimum atomic E-state index is 0.0105. The molecule has 0 N–H and O–H groups in total. The van der Waals surface area contributed by atoms with Gasteiger partial charge in [-0.05, 0) is 56.2 Å². The molecular weight excluding hydrogens is 434 g/mol. The Kier molecular flexibility index (Phi) is 7.23. The molecule has 7 nitrogen and oxygen atoms in total. The SMILES string of the molecule is Cc1nc(C(=O)N2CCC(C(Cc3ccccc3C)N(C)C(=O)Cn3cccn3)CC2)cs1. The number of carbonyl (C=O) groups is 2. The molecule has 2 amide bonds. The third-order valence-corrected chi connectivity index (χ3v) is 7.42. The van der Waals surface area contributed by atoms with E-state index in [2.05, 4.69) is 35.2 Å². The molecule has 1 atom stereocenters. The number of nitrogens with zero attached hydrogens (tertiary/aromatic N) is 5. The summed E-state index contributed by atoms with van der Waals surface area (Å²) in [6.07, 6.45) is 6.04. The van der Waals surface area contributed by atoms with Crippen molar-refractivity contribution in [3.8, 4) is 0 Å². The van der Waals surface area contributed by atoms with E-state index in [0.717, 1.165) is 24.3 Å². The van der Waals surface area contributed by atoms with E-state index in [1.807, 2.05) is 47.5 Å². The topological polar surface area (TPSA) is 71.3 Å². The third-order valence-electron chi connectivity index (χ3n) is 6.65. The Labute approximate surface area is 199 Å². The summed E-state index contributed by atoms with van der Waals surface area (Å²) in [7, 11) is 1.91. The number of hydrogen-bond donors (Lipinski definition) is 0. The molecule has 8 heteroatoms. The first-order valence-electron chi connectivity index (χ1n) is 11.4. The van der Waals surface area contributed by atoms with Crippen molar-refractivity contribution in [3.63, 3.8) is 0 Å². The van der Waals surface area contributed by atoms with Crippen LogP contribution in [0.4, 0.5) is 0 Å². The van der Waals surface area contributed by atoms with Crippen molar-refractivity contribution in [2.45, 2.75) is 45.7 Å². The molecule has 2 aromatic heterocycles. The number of hydrogen-bond acceptors (Lipinski definition) is 5. The van der Waals surface area contributed by atoms with Crippen LogP contribution in [0.15, 0.2) is 48.1 Å². The van der Waals surface area contributed by atoms with Crippen LogP contribution in [0, 0.1) is 19.8 Å². The highest BCUT2D eigenvalue weighted by molar-refractivity contribution is 7.09. The smallest absolute Gasteiger partial charge is 0.273 e. The number of thiazole rings is 1. The van der Waals surface area contributed by atoms with Crippen molar-refractivity contribution >= 4 is 23.2 Å². The highest BCUT2D eigenvalue weighted by Gasteiger charge is 2.33. The minimum Gasteiger partial charge on any atom is -0.341 e. The van der Waals surface area contributed by atoms with E-state index >= 15 is 0 Å². The average Bonchev–Trinajstić information content (AvgIpc) is 3.49. The number of carbonyl (C=O) groups excluding carboxylic acids is 2. The van der Waals surface area contributed by atoms with Gasteiger partial charge in [0.15, 0.2) is 0 Å². The van der Waals surface area contributed by atoms with Crippen LogP contribution in [0.5, 0.6) is 0 Å². The minimum absolute atomic E-state index is 0.0105. The summed E-state index contributed by atoms with van der Waals surface area (Å²) in [4.78, 5) is 34.1. The zero-order valence-corrected chi connectivity index (χ0v) is 20.3. The second-order valence-electron chi connectivity index (χ2n) is 8.79. The summed E-state index contributed by atoms with van der Waals surface area (Å²) in [5, 5.41) is 6.93. The zero-order chi connectivity index (χ0) is 23.4. The lowest BCUT2D eigenvalue weighted by molar-refractivity contribution is -0.134. The lowest BCUT2D eigenvalue weighted by atomic mass is 9.84. The number of likely N-dealkylation sites (tertiary alicyclic amines) is 1. The van der Waals surface area contributed by atoms with Crippen molar-refractivity contribution in [3.05, 3.63) is 69.9 Å². The molecule has 3 heterocycles. The number of aryl methyl sites for hydroxylation is 2. The Morgan fingerprint density at radius 1 is 1.18 bits per heavy atom. The molecule has 0 radical (unpaired) electrons. The first kappa shape index (κ1) is 23.2. The summed E-state index contributed by atoms with van der Waals surface area (Å²) in [6, 6.07) is 10.3. The van der Waals surface area contributed by atoms with Gasteiger partial charge < -0.3 is 9.80 Å². The van der Waals surface area contributed by atoms with Gasteiger partial charge in [-0.1, -0.05) is 24.3 Å². The predicted molar refractivity (Wildman–Crippen MR) is 129 cm³/mol. The van der Waals surface area contributed by atoms with Crippen LogP contribution in [-0.4, -0.2) is 62.6 Å². The van der Waals surface area contributed by atoms with Crippen molar-refractivity contribution in [2.24, 2.45) is 5.92 Å². The summed E-state index contributed by atoms with van der Waals surface area (Å²) in [5.74, 6) is 0.377. The summed E-state index contributed by atoms with van der Waals surface area (Å²) < 4.78 is 1.67. The number of piperidine rings is 1. The molecule has 1 aromatic carbocycles. The molecule has 1 unspecified atom stereocenters. The zero-order valence-electron chi connectivity index (χ0n) is 19.5. The molecule has 3 aromatic rings. The van der Waals surface area contributed by atoms with Crippen molar-refractivity contribution < 1.29 is 9.59 Å². The van der Waals surface area contributed by atoms with Crippen LogP contribution >= 0.6 is 11.3 Å². The fraction of sp³-hybridized carbons (Fsp3) is 0.440. The van der Waals surface area contributed by atoms with Gasteiger partial charge in [-0.25, -0.2) is 4.98 Å². The van der Waals surface area contributed by atoms with E-state index < -0.39 is 0 Å². The number of rotatable bonds is 7. The second-order valence-corrected chi connectivity index (χ2v) is 9.85. The molecular formula is C25H31N5O2S.